The fraction of sp³-hybridized carbons (Fsp3) is 0.400. The molecule has 0 saturated carbocycles. The normalized spacial score (nSPS) is 12.4. The second-order valence-corrected chi connectivity index (χ2v) is 2.88. The molecule has 1 rings (SSSR count). The molecule has 2 N–H and O–H groups in total. The molecule has 1 aromatic heterocycles. The van der Waals surface area contributed by atoms with Gasteiger partial charge in [-0.2, -0.15) is 8.78 Å². The van der Waals surface area contributed by atoms with Crippen LogP contribution in [0.2, 0.25) is 0 Å². The first kappa shape index (κ1) is 9.24. The zero-order valence-corrected chi connectivity index (χ0v) is 6.42. The first-order chi connectivity index (χ1) is 5.44. The number of alkyl halides is 4. The quantitative estimate of drug-likeness (QED) is 0.742. The van der Waals surface area contributed by atoms with Gasteiger partial charge in [-0.1, -0.05) is 0 Å². The average Bonchev–Trinajstić information content (AvgIpc) is 2.35. The van der Waals surface area contributed by atoms with Crippen LogP contribution in [0.15, 0.2) is 5.38 Å². The number of nitrogen functional groups attached to an aromatic ring is 1. The highest BCUT2D eigenvalue weighted by molar-refractivity contribution is 7.13. The predicted molar refractivity (Wildman–Crippen MR) is 36.4 cm³/mol. The lowest BCUT2D eigenvalue weighted by Crippen LogP contribution is -2.23. The molecule has 12 heavy (non-hydrogen) atoms. The molecule has 0 amide bonds. The maximum atomic E-state index is 12.4. The Labute approximate surface area is 69.0 Å². The molecular formula is C5H4F4N2S. The Morgan fingerprint density at radius 1 is 1.50 bits per heavy atom. The van der Waals surface area contributed by atoms with Crippen molar-refractivity contribution in [3.63, 3.8) is 0 Å². The third-order valence-corrected chi connectivity index (χ3v) is 1.81. The molecule has 0 fully saturated rings. The Balaban J connectivity index is 2.97. The van der Waals surface area contributed by atoms with Gasteiger partial charge in [0.05, 0.1) is 0 Å². The van der Waals surface area contributed by atoms with Crippen LogP contribution in [0.5, 0.6) is 0 Å². The van der Waals surface area contributed by atoms with Crippen molar-refractivity contribution >= 4 is 16.5 Å². The van der Waals surface area contributed by atoms with Crippen LogP contribution in [-0.4, -0.2) is 11.4 Å². The largest absolute Gasteiger partial charge is 0.375 e. The Morgan fingerprint density at radius 3 is 2.42 bits per heavy atom. The monoisotopic (exact) mass is 200 g/mol. The highest BCUT2D eigenvalue weighted by Crippen LogP contribution is 2.35. The van der Waals surface area contributed by atoms with Crippen LogP contribution in [-0.2, 0) is 5.92 Å². The first-order valence-electron chi connectivity index (χ1n) is 2.82. The summed E-state index contributed by atoms with van der Waals surface area (Å²) in [5.74, 6) is -4.20. The third kappa shape index (κ3) is 1.50. The average molecular weight is 200 g/mol. The summed E-state index contributed by atoms with van der Waals surface area (Å²) in [6.45, 7) is 0. The van der Waals surface area contributed by atoms with E-state index >= 15 is 0 Å². The fourth-order valence-corrected chi connectivity index (χ4v) is 1.15. The van der Waals surface area contributed by atoms with Crippen LogP contribution in [0.25, 0.3) is 0 Å². The van der Waals surface area contributed by atoms with Gasteiger partial charge in [0.15, 0.2) is 5.13 Å². The van der Waals surface area contributed by atoms with Gasteiger partial charge in [0.1, 0.15) is 5.69 Å². The Hall–Kier alpha value is -0.850. The topological polar surface area (TPSA) is 38.9 Å². The number of nitrogens with two attached hydrogens (primary N) is 1. The highest BCUT2D eigenvalue weighted by Gasteiger charge is 2.44. The summed E-state index contributed by atoms with van der Waals surface area (Å²) in [6, 6.07) is 0. The zero-order valence-electron chi connectivity index (χ0n) is 5.60. The van der Waals surface area contributed by atoms with Crippen LogP contribution in [0.3, 0.4) is 0 Å². The molecule has 68 valence electrons. The molecule has 0 aromatic carbocycles. The van der Waals surface area contributed by atoms with Gasteiger partial charge in [0.25, 0.3) is 0 Å². The van der Waals surface area contributed by atoms with Gasteiger partial charge in [-0.3, -0.25) is 0 Å². The van der Waals surface area contributed by atoms with E-state index in [0.717, 1.165) is 5.38 Å². The van der Waals surface area contributed by atoms with E-state index in [1.165, 1.54) is 0 Å². The Bertz CT molecular complexity index is 272. The molecule has 0 aliphatic rings. The second kappa shape index (κ2) is 2.89. The highest BCUT2D eigenvalue weighted by atomic mass is 32.1. The van der Waals surface area contributed by atoms with E-state index in [1.807, 2.05) is 0 Å². The van der Waals surface area contributed by atoms with Gasteiger partial charge in [-0.05, 0) is 0 Å². The molecule has 0 radical (unpaired) electrons. The maximum Gasteiger partial charge on any atom is 0.349 e. The number of hydrogen-bond donors (Lipinski definition) is 1. The van der Waals surface area contributed by atoms with Gasteiger partial charge in [0.2, 0.25) is 0 Å². The van der Waals surface area contributed by atoms with E-state index in [9.17, 15) is 17.6 Å². The molecule has 0 saturated heterocycles. The third-order valence-electron chi connectivity index (χ3n) is 1.14. The summed E-state index contributed by atoms with van der Waals surface area (Å²) < 4.78 is 48.2. The number of anilines is 1. The van der Waals surface area contributed by atoms with E-state index in [2.05, 4.69) is 4.98 Å². The van der Waals surface area contributed by atoms with E-state index in [1.54, 1.807) is 0 Å². The summed E-state index contributed by atoms with van der Waals surface area (Å²) in [6.07, 6.45) is -3.75. The minimum absolute atomic E-state index is 0.148. The van der Waals surface area contributed by atoms with Crippen LogP contribution in [0.1, 0.15) is 5.69 Å². The number of halogens is 4. The minimum atomic E-state index is -4.20. The van der Waals surface area contributed by atoms with E-state index in [-0.39, 0.29) is 5.13 Å². The molecule has 0 aliphatic heterocycles. The van der Waals surface area contributed by atoms with Gasteiger partial charge in [-0.25, -0.2) is 13.8 Å². The number of hydrogen-bond acceptors (Lipinski definition) is 3. The van der Waals surface area contributed by atoms with Gasteiger partial charge in [0, 0.05) is 5.38 Å². The summed E-state index contributed by atoms with van der Waals surface area (Å²) in [4.78, 5) is 3.07. The van der Waals surface area contributed by atoms with Crippen molar-refractivity contribution in [2.75, 3.05) is 5.73 Å². The molecule has 0 bridgehead atoms. The van der Waals surface area contributed by atoms with Crippen molar-refractivity contribution in [2.24, 2.45) is 0 Å². The number of thiazole rings is 1. The van der Waals surface area contributed by atoms with Crippen molar-refractivity contribution < 1.29 is 17.6 Å². The Kier molecular flexibility index (Phi) is 2.22. The summed E-state index contributed by atoms with van der Waals surface area (Å²) in [7, 11) is 0. The van der Waals surface area contributed by atoms with E-state index in [0.29, 0.717) is 11.3 Å². The van der Waals surface area contributed by atoms with E-state index < -0.39 is 18.0 Å². The molecule has 0 unspecified atom stereocenters. The van der Waals surface area contributed by atoms with Crippen LogP contribution in [0, 0.1) is 0 Å². The van der Waals surface area contributed by atoms with E-state index in [4.69, 9.17) is 5.73 Å². The predicted octanol–water partition coefficient (Wildman–Crippen LogP) is 2.08. The van der Waals surface area contributed by atoms with Crippen molar-refractivity contribution in [1.29, 1.82) is 0 Å². The fourth-order valence-electron chi connectivity index (χ4n) is 0.552. The minimum Gasteiger partial charge on any atom is -0.375 e. The molecule has 0 aliphatic carbocycles. The molecule has 1 aromatic rings. The van der Waals surface area contributed by atoms with Gasteiger partial charge < -0.3 is 5.73 Å². The number of rotatable bonds is 2. The van der Waals surface area contributed by atoms with Crippen molar-refractivity contribution in [1.82, 2.24) is 4.98 Å². The lowest BCUT2D eigenvalue weighted by atomic mass is 10.3. The molecule has 2 nitrogen and oxygen atoms in total. The zero-order chi connectivity index (χ0) is 9.35. The standard InChI is InChI=1S/C5H4F4N2S/c6-3(7)5(8,9)2-1-12-4(10)11-2/h1,3H,(H2,10,11). The molecule has 7 heteroatoms. The van der Waals surface area contributed by atoms with Crippen LogP contribution < -0.4 is 5.73 Å². The molecule has 0 atom stereocenters. The molecule has 1 heterocycles. The summed E-state index contributed by atoms with van der Waals surface area (Å²) in [5, 5.41) is 0.673. The van der Waals surface area contributed by atoms with Crippen molar-refractivity contribution in [2.45, 2.75) is 12.3 Å². The van der Waals surface area contributed by atoms with Crippen molar-refractivity contribution in [3.8, 4) is 0 Å². The second-order valence-electron chi connectivity index (χ2n) is 1.99. The van der Waals surface area contributed by atoms with Crippen molar-refractivity contribution in [3.05, 3.63) is 11.1 Å². The lowest BCUT2D eigenvalue weighted by molar-refractivity contribution is -0.137. The number of aromatic nitrogens is 1. The summed E-state index contributed by atoms with van der Waals surface area (Å²) >= 11 is 0.702. The first-order valence-corrected chi connectivity index (χ1v) is 3.70. The van der Waals surface area contributed by atoms with Gasteiger partial charge in [-0.15, -0.1) is 11.3 Å². The number of nitrogens with zero attached hydrogens (tertiary/aromatic N) is 1. The van der Waals surface area contributed by atoms with Crippen LogP contribution >= 0.6 is 11.3 Å². The molecular weight excluding hydrogens is 196 g/mol. The van der Waals surface area contributed by atoms with Crippen LogP contribution in [0.4, 0.5) is 22.7 Å². The lowest BCUT2D eigenvalue weighted by Gasteiger charge is -2.11. The Morgan fingerprint density at radius 2 is 2.08 bits per heavy atom. The SMILES string of the molecule is Nc1nc(C(F)(F)C(F)F)cs1. The summed E-state index contributed by atoms with van der Waals surface area (Å²) in [5.41, 5.74) is 4.03. The smallest absolute Gasteiger partial charge is 0.349 e. The molecule has 0 spiro atoms. The van der Waals surface area contributed by atoms with Gasteiger partial charge >= 0.3 is 12.3 Å². The maximum absolute atomic E-state index is 12.4.